The first-order valence-corrected chi connectivity index (χ1v) is 11.2. The number of furan rings is 1. The molecule has 8 rings (SSSR count). The van der Waals surface area contributed by atoms with Gasteiger partial charge in [-0.25, -0.2) is 0 Å². The van der Waals surface area contributed by atoms with E-state index in [1.807, 2.05) is 6.07 Å². The van der Waals surface area contributed by atoms with Crippen molar-refractivity contribution in [1.29, 1.82) is 0 Å². The molecular weight excluding hydrogens is 404 g/mol. The van der Waals surface area contributed by atoms with E-state index in [1.54, 1.807) is 0 Å². The lowest BCUT2D eigenvalue weighted by Gasteiger charge is -2.33. The van der Waals surface area contributed by atoms with E-state index < -0.39 is 0 Å². The van der Waals surface area contributed by atoms with Gasteiger partial charge in [0.05, 0.1) is 33.5 Å². The molecule has 3 heterocycles. The summed E-state index contributed by atoms with van der Waals surface area (Å²) in [4.78, 5) is 2.37. The lowest BCUT2D eigenvalue weighted by molar-refractivity contribution is 0.673. The van der Waals surface area contributed by atoms with Crippen LogP contribution in [-0.4, -0.2) is 4.57 Å². The van der Waals surface area contributed by atoms with Gasteiger partial charge >= 0.3 is 0 Å². The standard InChI is InChI=1S/C30H18N2O/c1-2-9-19(10-3-1)31-23-13-5-6-14-24(23)32-25-18-17-21-20-11-4-7-16-27(20)33-30(21)28(25)22-12-8-15-26(31)29(22)32/h1-18H. The van der Waals surface area contributed by atoms with Gasteiger partial charge in [-0.3, -0.25) is 0 Å². The van der Waals surface area contributed by atoms with Crippen LogP contribution < -0.4 is 4.90 Å². The number of aromatic nitrogens is 1. The molecule has 0 aliphatic carbocycles. The molecule has 154 valence electrons. The van der Waals surface area contributed by atoms with Gasteiger partial charge in [0.2, 0.25) is 0 Å². The summed E-state index contributed by atoms with van der Waals surface area (Å²) < 4.78 is 8.87. The van der Waals surface area contributed by atoms with Crippen LogP contribution in [0.4, 0.5) is 17.1 Å². The predicted molar refractivity (Wildman–Crippen MR) is 136 cm³/mol. The van der Waals surface area contributed by atoms with E-state index in [2.05, 4.69) is 113 Å². The molecule has 0 fully saturated rings. The van der Waals surface area contributed by atoms with Crippen molar-refractivity contribution in [3.05, 3.63) is 109 Å². The van der Waals surface area contributed by atoms with E-state index in [0.29, 0.717) is 0 Å². The molecule has 1 aliphatic heterocycles. The SMILES string of the molecule is c1ccc(N2c3ccccc3-n3c4ccc5c6ccccc6oc5c4c4cccc2c43)cc1. The maximum absolute atomic E-state index is 6.46. The molecule has 0 spiro atoms. The van der Waals surface area contributed by atoms with Crippen molar-refractivity contribution in [2.75, 3.05) is 4.90 Å². The van der Waals surface area contributed by atoms with Crippen LogP contribution in [0, 0.1) is 0 Å². The monoisotopic (exact) mass is 422 g/mol. The molecule has 0 N–H and O–H groups in total. The number of rotatable bonds is 1. The zero-order chi connectivity index (χ0) is 21.5. The van der Waals surface area contributed by atoms with Gasteiger partial charge in [0.25, 0.3) is 0 Å². The maximum atomic E-state index is 6.46. The Morgan fingerprint density at radius 3 is 2.15 bits per heavy atom. The Bertz CT molecular complexity index is 1870. The molecule has 1 aliphatic rings. The van der Waals surface area contributed by atoms with E-state index >= 15 is 0 Å². The van der Waals surface area contributed by atoms with Crippen LogP contribution in [0.25, 0.3) is 49.4 Å². The smallest absolute Gasteiger partial charge is 0.145 e. The Kier molecular flexibility index (Phi) is 3.14. The van der Waals surface area contributed by atoms with Crippen LogP contribution in [0.3, 0.4) is 0 Å². The van der Waals surface area contributed by atoms with E-state index in [9.17, 15) is 0 Å². The van der Waals surface area contributed by atoms with Crippen LogP contribution in [0.2, 0.25) is 0 Å². The molecule has 5 aromatic carbocycles. The van der Waals surface area contributed by atoms with Crippen LogP contribution in [0.5, 0.6) is 0 Å². The molecule has 0 bridgehead atoms. The molecule has 0 atom stereocenters. The number of fused-ring (bicyclic) bond motifs is 9. The summed E-state index contributed by atoms with van der Waals surface area (Å²) >= 11 is 0. The first-order valence-electron chi connectivity index (χ1n) is 11.2. The topological polar surface area (TPSA) is 21.3 Å². The van der Waals surface area contributed by atoms with Crippen LogP contribution in [0.1, 0.15) is 0 Å². The summed E-state index contributed by atoms with van der Waals surface area (Å²) in [6, 6.07) is 38.6. The fourth-order valence-electron chi connectivity index (χ4n) is 5.57. The quantitative estimate of drug-likeness (QED) is 0.264. The third kappa shape index (κ3) is 2.09. The minimum atomic E-state index is 0.929. The number of nitrogens with zero attached hydrogens (tertiary/aromatic N) is 2. The third-order valence-electron chi connectivity index (χ3n) is 6.89. The van der Waals surface area contributed by atoms with Crippen molar-refractivity contribution in [1.82, 2.24) is 4.57 Å². The van der Waals surface area contributed by atoms with Gasteiger partial charge in [-0.2, -0.15) is 0 Å². The third-order valence-corrected chi connectivity index (χ3v) is 6.89. The summed E-state index contributed by atoms with van der Waals surface area (Å²) in [5, 5.41) is 4.70. The zero-order valence-electron chi connectivity index (χ0n) is 17.7. The van der Waals surface area contributed by atoms with Gasteiger partial charge in [-0.1, -0.05) is 60.7 Å². The largest absolute Gasteiger partial charge is 0.455 e. The number of hydrogen-bond acceptors (Lipinski definition) is 2. The molecule has 7 aromatic rings. The average Bonchev–Trinajstić information content (AvgIpc) is 3.42. The first kappa shape index (κ1) is 17.1. The first-order chi connectivity index (χ1) is 16.4. The maximum Gasteiger partial charge on any atom is 0.145 e. The minimum absolute atomic E-state index is 0.929. The summed E-state index contributed by atoms with van der Waals surface area (Å²) in [7, 11) is 0. The van der Waals surface area contributed by atoms with Gasteiger partial charge in [0.15, 0.2) is 0 Å². The van der Waals surface area contributed by atoms with Gasteiger partial charge in [-0.05, 0) is 48.5 Å². The van der Waals surface area contributed by atoms with E-state index in [1.165, 1.54) is 38.9 Å². The van der Waals surface area contributed by atoms with Crippen molar-refractivity contribution >= 4 is 60.8 Å². The average molecular weight is 422 g/mol. The van der Waals surface area contributed by atoms with Gasteiger partial charge in [0.1, 0.15) is 11.2 Å². The molecule has 0 amide bonds. The molecule has 33 heavy (non-hydrogen) atoms. The molecule has 3 nitrogen and oxygen atoms in total. The van der Waals surface area contributed by atoms with Crippen LogP contribution in [-0.2, 0) is 0 Å². The number of hydrogen-bond donors (Lipinski definition) is 0. The van der Waals surface area contributed by atoms with E-state index in [4.69, 9.17) is 4.42 Å². The molecule has 0 saturated heterocycles. The Balaban J connectivity index is 1.61. The van der Waals surface area contributed by atoms with E-state index in [0.717, 1.165) is 27.6 Å². The van der Waals surface area contributed by atoms with Crippen LogP contribution in [0.15, 0.2) is 114 Å². The molecule has 2 aromatic heterocycles. The van der Waals surface area contributed by atoms with E-state index in [-0.39, 0.29) is 0 Å². The zero-order valence-corrected chi connectivity index (χ0v) is 17.7. The molecule has 0 radical (unpaired) electrons. The molecule has 3 heteroatoms. The Morgan fingerprint density at radius 1 is 0.515 bits per heavy atom. The highest BCUT2D eigenvalue weighted by Gasteiger charge is 2.29. The lowest BCUT2D eigenvalue weighted by Crippen LogP contribution is -2.17. The van der Waals surface area contributed by atoms with Gasteiger partial charge in [0, 0.05) is 21.8 Å². The normalized spacial score (nSPS) is 12.8. The number of anilines is 3. The van der Waals surface area contributed by atoms with Crippen molar-refractivity contribution < 1.29 is 4.42 Å². The minimum Gasteiger partial charge on any atom is -0.455 e. The summed E-state index contributed by atoms with van der Waals surface area (Å²) in [6.45, 7) is 0. The number of benzene rings is 5. The van der Waals surface area contributed by atoms with Crippen molar-refractivity contribution in [2.24, 2.45) is 0 Å². The molecule has 0 saturated carbocycles. The lowest BCUT2D eigenvalue weighted by atomic mass is 10.1. The van der Waals surface area contributed by atoms with Gasteiger partial charge < -0.3 is 13.9 Å². The Labute approximate surface area is 189 Å². The van der Waals surface area contributed by atoms with Gasteiger partial charge in [-0.15, -0.1) is 0 Å². The number of para-hydroxylation sites is 5. The van der Waals surface area contributed by atoms with Crippen molar-refractivity contribution in [2.45, 2.75) is 0 Å². The summed E-state index contributed by atoms with van der Waals surface area (Å²) in [5.41, 5.74) is 8.95. The van der Waals surface area contributed by atoms with Crippen LogP contribution >= 0.6 is 0 Å². The fourth-order valence-corrected chi connectivity index (χ4v) is 5.57. The second kappa shape index (κ2) is 6.05. The summed E-state index contributed by atoms with van der Waals surface area (Å²) in [5.74, 6) is 0. The fraction of sp³-hybridized carbons (Fsp3) is 0. The molecule has 0 unspecified atom stereocenters. The molecular formula is C30H18N2O. The van der Waals surface area contributed by atoms with Crippen molar-refractivity contribution in [3.8, 4) is 5.69 Å². The second-order valence-electron chi connectivity index (χ2n) is 8.60. The summed E-state index contributed by atoms with van der Waals surface area (Å²) in [6.07, 6.45) is 0. The Hall–Kier alpha value is -4.50. The highest BCUT2D eigenvalue weighted by Crippen LogP contribution is 2.50. The predicted octanol–water partition coefficient (Wildman–Crippen LogP) is 8.47. The highest BCUT2D eigenvalue weighted by atomic mass is 16.3. The second-order valence-corrected chi connectivity index (χ2v) is 8.60. The van der Waals surface area contributed by atoms with Crippen molar-refractivity contribution in [3.63, 3.8) is 0 Å². The Morgan fingerprint density at radius 2 is 1.24 bits per heavy atom. The highest BCUT2D eigenvalue weighted by molar-refractivity contribution is 6.26.